The normalized spacial score (nSPS) is 12.4. The van der Waals surface area contributed by atoms with Gasteiger partial charge in [0.1, 0.15) is 0 Å². The molecule has 0 radical (unpaired) electrons. The highest BCUT2D eigenvalue weighted by Gasteiger charge is 2.29. The molecule has 0 saturated carbocycles. The van der Waals surface area contributed by atoms with Crippen molar-refractivity contribution in [2.24, 2.45) is 0 Å². The summed E-state index contributed by atoms with van der Waals surface area (Å²) in [7, 11) is 0. The summed E-state index contributed by atoms with van der Waals surface area (Å²) in [6.07, 6.45) is 3.88. The summed E-state index contributed by atoms with van der Waals surface area (Å²) in [5, 5.41) is 5.72. The Morgan fingerprint density at radius 3 is 1.80 bits per heavy atom. The molecule has 8 aromatic rings. The van der Waals surface area contributed by atoms with Crippen LogP contribution >= 0.6 is 6.04 Å². The second kappa shape index (κ2) is 10.6. The fourth-order valence-electron chi connectivity index (χ4n) is 6.80. The van der Waals surface area contributed by atoms with E-state index in [1.165, 1.54) is 21.8 Å². The summed E-state index contributed by atoms with van der Waals surface area (Å²) in [6, 6.07) is 50.8. The maximum Gasteiger partial charge on any atom is 0.159 e. The first-order valence-electron chi connectivity index (χ1n) is 15.3. The number of benzene rings is 6. The van der Waals surface area contributed by atoms with E-state index in [0.29, 0.717) is 5.82 Å². The van der Waals surface area contributed by atoms with Gasteiger partial charge in [-0.05, 0) is 53.1 Å². The number of rotatable bonds is 5. The van der Waals surface area contributed by atoms with Gasteiger partial charge in [-0.15, -0.1) is 0 Å². The van der Waals surface area contributed by atoms with Crippen LogP contribution < -0.4 is 20.8 Å². The van der Waals surface area contributed by atoms with E-state index in [2.05, 4.69) is 149 Å². The average Bonchev–Trinajstić information content (AvgIpc) is 3.48. The quantitative estimate of drug-likeness (QED) is 0.179. The number of anilines is 3. The number of nitrogens with zero attached hydrogens (tertiary/aromatic N) is 4. The zero-order valence-corrected chi connectivity index (χ0v) is 26.4. The van der Waals surface area contributed by atoms with Gasteiger partial charge in [-0.1, -0.05) is 121 Å². The molecule has 9 rings (SSSR count). The predicted molar refractivity (Wildman–Crippen MR) is 196 cm³/mol. The monoisotopic (exact) mass is 626 g/mol. The van der Waals surface area contributed by atoms with Crippen LogP contribution in [0.4, 0.5) is 17.1 Å². The maximum atomic E-state index is 6.53. The van der Waals surface area contributed by atoms with Crippen molar-refractivity contribution in [2.75, 3.05) is 4.90 Å². The molecule has 1 aliphatic heterocycles. The van der Waals surface area contributed by atoms with E-state index in [0.717, 1.165) is 44.2 Å². The number of hydrogen-bond donors (Lipinski definition) is 0. The van der Waals surface area contributed by atoms with Crippen molar-refractivity contribution in [1.29, 1.82) is 0 Å². The van der Waals surface area contributed by atoms with Gasteiger partial charge in [0, 0.05) is 45.8 Å². The lowest BCUT2D eigenvalue weighted by Crippen LogP contribution is -2.25. The SMILES string of the molecule is S=P(c1ccccc1)(c1ccccc1)c1cnc(-c2ccc3c(c2)N(c2ccccc2)c2cccc4c5ccccc5n-3c24)nc1. The Hall–Kier alpha value is -5.35. The number of fused-ring (bicyclic) bond motifs is 5. The predicted octanol–water partition coefficient (Wildman–Crippen LogP) is 8.78. The average molecular weight is 627 g/mol. The van der Waals surface area contributed by atoms with Gasteiger partial charge in [-0.25, -0.2) is 9.97 Å². The van der Waals surface area contributed by atoms with Crippen LogP contribution in [0.2, 0.25) is 0 Å². The van der Waals surface area contributed by atoms with Crippen LogP contribution in [-0.2, 0) is 11.8 Å². The van der Waals surface area contributed by atoms with Crippen LogP contribution in [0.3, 0.4) is 0 Å². The van der Waals surface area contributed by atoms with Crippen LogP contribution in [0.15, 0.2) is 164 Å². The van der Waals surface area contributed by atoms with Gasteiger partial charge in [0.15, 0.2) is 5.82 Å². The molecular formula is C40H27N4PS. The van der Waals surface area contributed by atoms with Crippen LogP contribution in [-0.4, -0.2) is 14.5 Å². The summed E-state index contributed by atoms with van der Waals surface area (Å²) in [4.78, 5) is 12.3. The van der Waals surface area contributed by atoms with E-state index in [9.17, 15) is 0 Å². The number of aromatic nitrogens is 3. The molecule has 6 heteroatoms. The molecule has 0 N–H and O–H groups in total. The van der Waals surface area contributed by atoms with Crippen molar-refractivity contribution in [3.63, 3.8) is 0 Å². The molecule has 218 valence electrons. The summed E-state index contributed by atoms with van der Waals surface area (Å²) < 4.78 is 2.40. The maximum absolute atomic E-state index is 6.53. The first-order valence-corrected chi connectivity index (χ1v) is 18.1. The van der Waals surface area contributed by atoms with Crippen LogP contribution in [0, 0.1) is 0 Å². The fourth-order valence-corrected chi connectivity index (χ4v) is 10.3. The Bertz CT molecular complexity index is 2400. The lowest BCUT2D eigenvalue weighted by molar-refractivity contribution is 1.11. The Morgan fingerprint density at radius 1 is 0.500 bits per heavy atom. The highest BCUT2D eigenvalue weighted by Crippen LogP contribution is 2.50. The third-order valence-electron chi connectivity index (χ3n) is 8.89. The van der Waals surface area contributed by atoms with Gasteiger partial charge < -0.3 is 9.47 Å². The van der Waals surface area contributed by atoms with E-state index in [1.54, 1.807) is 0 Å². The van der Waals surface area contributed by atoms with E-state index in [-0.39, 0.29) is 0 Å². The van der Waals surface area contributed by atoms with Crippen molar-refractivity contribution in [1.82, 2.24) is 14.5 Å². The lowest BCUT2D eigenvalue weighted by Gasteiger charge is -2.33. The minimum atomic E-state index is -2.34. The largest absolute Gasteiger partial charge is 0.306 e. The van der Waals surface area contributed by atoms with Crippen molar-refractivity contribution < 1.29 is 0 Å². The van der Waals surface area contributed by atoms with Gasteiger partial charge in [-0.3, -0.25) is 0 Å². The first kappa shape index (κ1) is 27.0. The van der Waals surface area contributed by atoms with Crippen LogP contribution in [0.25, 0.3) is 38.9 Å². The van der Waals surface area contributed by atoms with Crippen molar-refractivity contribution in [3.05, 3.63) is 164 Å². The van der Waals surface area contributed by atoms with E-state index >= 15 is 0 Å². The van der Waals surface area contributed by atoms with Crippen molar-refractivity contribution in [2.45, 2.75) is 0 Å². The van der Waals surface area contributed by atoms with Crippen LogP contribution in [0.5, 0.6) is 0 Å². The zero-order chi connectivity index (χ0) is 30.7. The van der Waals surface area contributed by atoms with Crippen LogP contribution in [0.1, 0.15) is 0 Å². The second-order valence-corrected chi connectivity index (χ2v) is 15.9. The highest BCUT2D eigenvalue weighted by atomic mass is 32.4. The Labute approximate surface area is 272 Å². The second-order valence-electron chi connectivity index (χ2n) is 11.4. The van der Waals surface area contributed by atoms with Crippen molar-refractivity contribution >= 4 is 72.6 Å². The molecule has 0 unspecified atom stereocenters. The van der Waals surface area contributed by atoms with Gasteiger partial charge in [-0.2, -0.15) is 0 Å². The first-order chi connectivity index (χ1) is 22.7. The Balaban J connectivity index is 1.22. The molecule has 0 spiro atoms. The Kier molecular flexibility index (Phi) is 6.24. The Morgan fingerprint density at radius 2 is 1.11 bits per heavy atom. The summed E-state index contributed by atoms with van der Waals surface area (Å²) in [5.41, 5.74) is 7.81. The molecule has 0 atom stereocenters. The van der Waals surface area contributed by atoms with E-state index in [4.69, 9.17) is 21.8 Å². The lowest BCUT2D eigenvalue weighted by atomic mass is 10.1. The van der Waals surface area contributed by atoms with Gasteiger partial charge in [0.2, 0.25) is 0 Å². The van der Waals surface area contributed by atoms with Crippen molar-refractivity contribution in [3.8, 4) is 17.1 Å². The minimum Gasteiger partial charge on any atom is -0.306 e. The van der Waals surface area contributed by atoms with Gasteiger partial charge >= 0.3 is 0 Å². The number of hydrogen-bond acceptors (Lipinski definition) is 4. The molecule has 2 aromatic heterocycles. The standard InChI is InChI=1S/C40H27N4PS/c46-45(30-15-6-2-7-16-30,31-17-8-3-9-18-31)32-26-41-40(42-27-32)28-23-24-36-38(25-28)43(29-13-4-1-5-14-29)37-22-12-20-34-33-19-10-11-21-35(33)44(36)39(34)37/h1-27H. The fraction of sp³-hybridized carbons (Fsp3) is 0. The highest BCUT2D eigenvalue weighted by molar-refractivity contribution is 8.25. The minimum absolute atomic E-state index is 0.670. The molecule has 6 aromatic carbocycles. The summed E-state index contributed by atoms with van der Waals surface area (Å²) >= 11 is 6.53. The summed E-state index contributed by atoms with van der Waals surface area (Å²) in [5.74, 6) is 0.670. The summed E-state index contributed by atoms with van der Waals surface area (Å²) in [6.45, 7) is 0. The third-order valence-corrected chi connectivity index (χ3v) is 13.8. The zero-order valence-electron chi connectivity index (χ0n) is 24.7. The van der Waals surface area contributed by atoms with Gasteiger partial charge in [0.05, 0.1) is 28.1 Å². The molecule has 0 saturated heterocycles. The molecule has 0 aliphatic carbocycles. The molecule has 1 aliphatic rings. The molecule has 46 heavy (non-hydrogen) atoms. The van der Waals surface area contributed by atoms with E-state index in [1.807, 2.05) is 24.5 Å². The molecule has 3 heterocycles. The molecule has 0 bridgehead atoms. The van der Waals surface area contributed by atoms with E-state index < -0.39 is 6.04 Å². The molecule has 0 fully saturated rings. The topological polar surface area (TPSA) is 34.0 Å². The third kappa shape index (κ3) is 4.03. The molecular weight excluding hydrogens is 600 g/mol. The molecule has 0 amide bonds. The molecule has 4 nitrogen and oxygen atoms in total. The van der Waals surface area contributed by atoms with Gasteiger partial charge in [0.25, 0.3) is 0 Å². The smallest absolute Gasteiger partial charge is 0.159 e. The number of para-hydroxylation sites is 3.